The summed E-state index contributed by atoms with van der Waals surface area (Å²) in [5.74, 6) is 2.44. The highest BCUT2D eigenvalue weighted by Gasteiger charge is 2.55. The predicted molar refractivity (Wildman–Crippen MR) is 69.6 cm³/mol. The van der Waals surface area contributed by atoms with E-state index >= 15 is 0 Å². The van der Waals surface area contributed by atoms with Crippen molar-refractivity contribution in [1.29, 1.82) is 0 Å². The van der Waals surface area contributed by atoms with Crippen LogP contribution < -0.4 is 4.74 Å². The summed E-state index contributed by atoms with van der Waals surface area (Å²) in [6.07, 6.45) is 5.58. The molecule has 4 rings (SSSR count). The van der Waals surface area contributed by atoms with Gasteiger partial charge in [0.2, 0.25) is 0 Å². The lowest BCUT2D eigenvalue weighted by Gasteiger charge is -2.43. The maximum Gasteiger partial charge on any atom is 0.125 e. The third-order valence-corrected chi connectivity index (χ3v) is 5.30. The fourth-order valence-electron chi connectivity index (χ4n) is 4.49. The Morgan fingerprint density at radius 2 is 2.17 bits per heavy atom. The molecule has 0 radical (unpaired) electrons. The third kappa shape index (κ3) is 1.38. The number of aliphatic hydroxyl groups is 1. The van der Waals surface area contributed by atoms with Gasteiger partial charge >= 0.3 is 0 Å². The average Bonchev–Trinajstić information content (AvgIpc) is 2.91. The van der Waals surface area contributed by atoms with Gasteiger partial charge in [0, 0.05) is 12.0 Å². The molecule has 0 aromatic heterocycles. The Morgan fingerprint density at radius 1 is 1.28 bits per heavy atom. The number of hydrogen-bond acceptors (Lipinski definition) is 2. The number of aryl methyl sites for hydroxylation is 1. The van der Waals surface area contributed by atoms with Crippen LogP contribution in [0.15, 0.2) is 18.2 Å². The fraction of sp³-hybridized carbons (Fsp3) is 0.625. The summed E-state index contributed by atoms with van der Waals surface area (Å²) in [6, 6.07) is 6.19. The van der Waals surface area contributed by atoms with E-state index in [1.807, 2.05) is 6.07 Å². The number of aliphatic hydroxyl groups excluding tert-OH is 1. The number of ether oxygens (including phenoxy) is 1. The van der Waals surface area contributed by atoms with Crippen molar-refractivity contribution in [3.05, 3.63) is 29.3 Å². The van der Waals surface area contributed by atoms with E-state index in [2.05, 4.69) is 19.1 Å². The van der Waals surface area contributed by atoms with Gasteiger partial charge in [-0.25, -0.2) is 0 Å². The Kier molecular flexibility index (Phi) is 2.12. The average molecular weight is 244 g/mol. The van der Waals surface area contributed by atoms with Crippen molar-refractivity contribution in [3.63, 3.8) is 0 Å². The molecule has 2 bridgehead atoms. The first-order valence-electron chi connectivity index (χ1n) is 7.14. The minimum Gasteiger partial charge on any atom is -0.486 e. The van der Waals surface area contributed by atoms with Gasteiger partial charge in [0.25, 0.3) is 0 Å². The molecule has 1 aromatic rings. The second kappa shape index (κ2) is 3.51. The van der Waals surface area contributed by atoms with Gasteiger partial charge < -0.3 is 9.84 Å². The first-order valence-corrected chi connectivity index (χ1v) is 7.14. The van der Waals surface area contributed by atoms with Crippen LogP contribution in [0.3, 0.4) is 0 Å². The zero-order chi connectivity index (χ0) is 12.3. The van der Waals surface area contributed by atoms with Crippen molar-refractivity contribution in [2.24, 2.45) is 11.8 Å². The summed E-state index contributed by atoms with van der Waals surface area (Å²) < 4.78 is 6.38. The molecule has 2 nitrogen and oxygen atoms in total. The third-order valence-electron chi connectivity index (χ3n) is 5.30. The van der Waals surface area contributed by atoms with E-state index in [1.165, 1.54) is 24.8 Å². The molecule has 3 unspecified atom stereocenters. The molecule has 1 aromatic carbocycles. The van der Waals surface area contributed by atoms with Gasteiger partial charge in [0.15, 0.2) is 0 Å². The van der Waals surface area contributed by atoms with Gasteiger partial charge in [-0.1, -0.05) is 11.6 Å². The highest BCUT2D eigenvalue weighted by molar-refractivity contribution is 5.41. The Labute approximate surface area is 108 Å². The van der Waals surface area contributed by atoms with Crippen LogP contribution in [0.2, 0.25) is 0 Å². The quantitative estimate of drug-likeness (QED) is 0.758. The first-order chi connectivity index (χ1) is 8.66. The summed E-state index contributed by atoms with van der Waals surface area (Å²) in [4.78, 5) is 0. The molecule has 2 saturated carbocycles. The lowest BCUT2D eigenvalue weighted by atomic mass is 9.77. The Bertz CT molecular complexity index is 496. The van der Waals surface area contributed by atoms with Crippen LogP contribution in [-0.4, -0.2) is 10.7 Å². The van der Waals surface area contributed by atoms with Crippen LogP contribution in [0.4, 0.5) is 0 Å². The van der Waals surface area contributed by atoms with Gasteiger partial charge in [0.1, 0.15) is 11.4 Å². The normalized spacial score (nSPS) is 40.9. The Morgan fingerprint density at radius 3 is 2.89 bits per heavy atom. The zero-order valence-electron chi connectivity index (χ0n) is 10.9. The highest BCUT2D eigenvalue weighted by atomic mass is 16.5. The summed E-state index contributed by atoms with van der Waals surface area (Å²) >= 11 is 0. The number of benzene rings is 1. The second-order valence-electron chi connectivity index (χ2n) is 6.51. The van der Waals surface area contributed by atoms with E-state index in [4.69, 9.17) is 4.74 Å². The molecule has 18 heavy (non-hydrogen) atoms. The number of hydrogen-bond donors (Lipinski definition) is 1. The van der Waals surface area contributed by atoms with Crippen molar-refractivity contribution >= 4 is 0 Å². The predicted octanol–water partition coefficient (Wildman–Crippen LogP) is 3.37. The van der Waals surface area contributed by atoms with E-state index < -0.39 is 0 Å². The fourth-order valence-corrected chi connectivity index (χ4v) is 4.49. The molecule has 96 valence electrons. The van der Waals surface area contributed by atoms with Crippen molar-refractivity contribution in [2.75, 3.05) is 0 Å². The highest BCUT2D eigenvalue weighted by Crippen LogP contribution is 2.57. The molecule has 4 atom stereocenters. The molecular weight excluding hydrogens is 224 g/mol. The lowest BCUT2D eigenvalue weighted by Crippen LogP contribution is -2.45. The maximum absolute atomic E-state index is 10.5. The zero-order valence-corrected chi connectivity index (χ0v) is 10.9. The van der Waals surface area contributed by atoms with Crippen molar-refractivity contribution < 1.29 is 9.84 Å². The van der Waals surface area contributed by atoms with Gasteiger partial charge in [-0.15, -0.1) is 0 Å². The molecule has 1 aliphatic heterocycles. The van der Waals surface area contributed by atoms with Crippen molar-refractivity contribution in [1.82, 2.24) is 0 Å². The number of rotatable bonds is 0. The molecule has 2 fully saturated rings. The summed E-state index contributed by atoms with van der Waals surface area (Å²) in [6.45, 7) is 2.06. The van der Waals surface area contributed by atoms with Crippen LogP contribution in [0, 0.1) is 18.8 Å². The van der Waals surface area contributed by atoms with Gasteiger partial charge in [0.05, 0.1) is 6.10 Å². The van der Waals surface area contributed by atoms with Crippen molar-refractivity contribution in [3.8, 4) is 5.75 Å². The van der Waals surface area contributed by atoms with E-state index in [1.54, 1.807) is 0 Å². The van der Waals surface area contributed by atoms with Gasteiger partial charge in [-0.3, -0.25) is 0 Å². The Hall–Kier alpha value is -1.02. The second-order valence-corrected chi connectivity index (χ2v) is 6.51. The first kappa shape index (κ1) is 10.9. The Balaban J connectivity index is 1.74. The molecule has 3 aliphatic rings. The maximum atomic E-state index is 10.5. The minimum atomic E-state index is -0.340. The summed E-state index contributed by atoms with van der Waals surface area (Å²) in [7, 11) is 0. The molecule has 2 aliphatic carbocycles. The van der Waals surface area contributed by atoms with Gasteiger partial charge in [-0.2, -0.15) is 0 Å². The molecular formula is C16H20O2. The lowest BCUT2D eigenvalue weighted by molar-refractivity contribution is -0.0509. The van der Waals surface area contributed by atoms with E-state index in [9.17, 15) is 5.11 Å². The van der Waals surface area contributed by atoms with E-state index in [0.717, 1.165) is 30.1 Å². The van der Waals surface area contributed by atoms with Crippen LogP contribution in [0.5, 0.6) is 5.75 Å². The standard InChI is InChI=1S/C16H20O2/c1-10-2-5-15-13(6-10)14(17)9-16(18-15)8-11-3-4-12(16)7-11/h2,5-6,11-12,14,17H,3-4,7-9H2,1H3/t11?,12?,14-,16?/m0/s1. The smallest absolute Gasteiger partial charge is 0.125 e. The van der Waals surface area contributed by atoms with Crippen LogP contribution in [0.1, 0.15) is 49.3 Å². The molecule has 0 amide bonds. The van der Waals surface area contributed by atoms with Crippen molar-refractivity contribution in [2.45, 2.75) is 50.7 Å². The molecule has 2 heteroatoms. The molecule has 1 heterocycles. The monoisotopic (exact) mass is 244 g/mol. The largest absolute Gasteiger partial charge is 0.486 e. The summed E-state index contributed by atoms with van der Waals surface area (Å²) in [5.41, 5.74) is 2.13. The van der Waals surface area contributed by atoms with Crippen LogP contribution in [-0.2, 0) is 0 Å². The number of fused-ring (bicyclic) bond motifs is 4. The SMILES string of the molecule is Cc1ccc2c(c1)[C@@H](O)CC1(CC3CCC1C3)O2. The van der Waals surface area contributed by atoms with E-state index in [-0.39, 0.29) is 11.7 Å². The topological polar surface area (TPSA) is 29.5 Å². The molecule has 1 spiro atoms. The van der Waals surface area contributed by atoms with E-state index in [0.29, 0.717) is 5.92 Å². The van der Waals surface area contributed by atoms with Gasteiger partial charge in [-0.05, 0) is 56.6 Å². The van der Waals surface area contributed by atoms with Crippen LogP contribution in [0.25, 0.3) is 0 Å². The minimum absolute atomic E-state index is 0.0510. The molecule has 1 N–H and O–H groups in total. The van der Waals surface area contributed by atoms with Crippen LogP contribution >= 0.6 is 0 Å². The molecule has 0 saturated heterocycles. The summed E-state index contributed by atoms with van der Waals surface area (Å²) in [5, 5.41) is 10.5.